The molecular formula is C9H20O3Si. The van der Waals surface area contributed by atoms with Gasteiger partial charge in [0.25, 0.3) is 0 Å². The molecule has 0 amide bonds. The lowest BCUT2D eigenvalue weighted by atomic mass is 10.3. The second-order valence-corrected chi connectivity index (χ2v) is 5.85. The average molecular weight is 204 g/mol. The van der Waals surface area contributed by atoms with Crippen molar-refractivity contribution in [1.29, 1.82) is 0 Å². The largest absolute Gasteiger partial charge is 0.500 e. The fourth-order valence-electron chi connectivity index (χ4n) is 1.16. The minimum atomic E-state index is -2.30. The Morgan fingerprint density at radius 1 is 1.08 bits per heavy atom. The molecule has 0 aromatic heterocycles. The molecule has 0 aliphatic carbocycles. The Kier molecular flexibility index (Phi) is 7.17. The summed E-state index contributed by atoms with van der Waals surface area (Å²) >= 11 is 0. The Morgan fingerprint density at radius 3 is 2.00 bits per heavy atom. The third-order valence-electron chi connectivity index (χ3n) is 2.02. The van der Waals surface area contributed by atoms with Crippen molar-refractivity contribution < 1.29 is 13.3 Å². The van der Waals surface area contributed by atoms with Gasteiger partial charge in [0.15, 0.2) is 0 Å². The SMILES string of the molecule is C/C=C\CCC[Si](OC)(OC)OC. The summed E-state index contributed by atoms with van der Waals surface area (Å²) < 4.78 is 15.9. The van der Waals surface area contributed by atoms with E-state index >= 15 is 0 Å². The first kappa shape index (κ1) is 12.8. The maximum atomic E-state index is 5.29. The van der Waals surface area contributed by atoms with Gasteiger partial charge >= 0.3 is 8.80 Å². The molecular weight excluding hydrogens is 184 g/mol. The number of rotatable bonds is 7. The summed E-state index contributed by atoms with van der Waals surface area (Å²) in [6.45, 7) is 2.02. The fourth-order valence-corrected chi connectivity index (χ4v) is 2.91. The fraction of sp³-hybridized carbons (Fsp3) is 0.778. The Balaban J connectivity index is 3.81. The first-order valence-electron chi connectivity index (χ1n) is 4.51. The van der Waals surface area contributed by atoms with E-state index in [1.165, 1.54) is 0 Å². The molecule has 0 atom stereocenters. The molecule has 0 radical (unpaired) electrons. The van der Waals surface area contributed by atoms with Crippen LogP contribution in [0.4, 0.5) is 0 Å². The molecule has 78 valence electrons. The van der Waals surface area contributed by atoms with Crippen LogP contribution in [-0.4, -0.2) is 30.1 Å². The molecule has 0 heterocycles. The summed E-state index contributed by atoms with van der Waals surface area (Å²) in [4.78, 5) is 0. The Morgan fingerprint density at radius 2 is 1.62 bits per heavy atom. The Hall–Kier alpha value is -0.163. The standard InChI is InChI=1S/C9H20O3Si/c1-5-6-7-8-9-13(10-2,11-3)12-4/h5-6H,7-9H2,1-4H3/b6-5-. The van der Waals surface area contributed by atoms with Crippen molar-refractivity contribution >= 4 is 8.80 Å². The van der Waals surface area contributed by atoms with Crippen LogP contribution >= 0.6 is 0 Å². The van der Waals surface area contributed by atoms with Gasteiger partial charge in [0, 0.05) is 27.4 Å². The molecule has 4 heteroatoms. The molecule has 0 spiro atoms. The highest BCUT2D eigenvalue weighted by Gasteiger charge is 2.36. The van der Waals surface area contributed by atoms with Crippen molar-refractivity contribution in [2.24, 2.45) is 0 Å². The first-order valence-corrected chi connectivity index (χ1v) is 6.44. The van der Waals surface area contributed by atoms with Gasteiger partial charge in [0.1, 0.15) is 0 Å². The van der Waals surface area contributed by atoms with Crippen molar-refractivity contribution in [3.05, 3.63) is 12.2 Å². The van der Waals surface area contributed by atoms with E-state index < -0.39 is 8.80 Å². The molecule has 0 saturated heterocycles. The van der Waals surface area contributed by atoms with E-state index in [2.05, 4.69) is 12.2 Å². The quantitative estimate of drug-likeness (QED) is 0.361. The molecule has 0 saturated carbocycles. The van der Waals surface area contributed by atoms with Crippen LogP contribution in [0.2, 0.25) is 6.04 Å². The van der Waals surface area contributed by atoms with Crippen LogP contribution in [0.5, 0.6) is 0 Å². The minimum Gasteiger partial charge on any atom is -0.377 e. The van der Waals surface area contributed by atoms with Crippen LogP contribution < -0.4 is 0 Å². The van der Waals surface area contributed by atoms with Crippen LogP contribution in [-0.2, 0) is 13.3 Å². The highest BCUT2D eigenvalue weighted by atomic mass is 28.4. The Labute approximate surface area is 82.1 Å². The molecule has 13 heavy (non-hydrogen) atoms. The molecule has 0 rings (SSSR count). The van der Waals surface area contributed by atoms with Crippen LogP contribution in [0.15, 0.2) is 12.2 Å². The van der Waals surface area contributed by atoms with Crippen molar-refractivity contribution in [1.82, 2.24) is 0 Å². The molecule has 0 aliphatic rings. The number of hydrogen-bond acceptors (Lipinski definition) is 3. The van der Waals surface area contributed by atoms with Crippen molar-refractivity contribution in [2.45, 2.75) is 25.8 Å². The molecule has 0 bridgehead atoms. The molecule has 0 unspecified atom stereocenters. The Bertz CT molecular complexity index is 136. The van der Waals surface area contributed by atoms with Gasteiger partial charge in [0.2, 0.25) is 0 Å². The van der Waals surface area contributed by atoms with Gasteiger partial charge in [-0.3, -0.25) is 0 Å². The zero-order chi connectivity index (χ0) is 10.2. The summed E-state index contributed by atoms with van der Waals surface area (Å²) in [5.41, 5.74) is 0. The van der Waals surface area contributed by atoms with Crippen molar-refractivity contribution in [3.8, 4) is 0 Å². The van der Waals surface area contributed by atoms with E-state index in [1.807, 2.05) is 6.92 Å². The van der Waals surface area contributed by atoms with Gasteiger partial charge in [-0.15, -0.1) is 0 Å². The van der Waals surface area contributed by atoms with Crippen LogP contribution in [0.1, 0.15) is 19.8 Å². The zero-order valence-electron chi connectivity index (χ0n) is 9.00. The third-order valence-corrected chi connectivity index (χ3v) is 4.85. The molecule has 0 aliphatic heterocycles. The third kappa shape index (κ3) is 4.57. The van der Waals surface area contributed by atoms with E-state index in [0.717, 1.165) is 18.9 Å². The first-order chi connectivity index (χ1) is 6.24. The predicted octanol–water partition coefficient (Wildman–Crippen LogP) is 2.22. The smallest absolute Gasteiger partial charge is 0.377 e. The van der Waals surface area contributed by atoms with E-state index in [0.29, 0.717) is 0 Å². The van der Waals surface area contributed by atoms with Crippen LogP contribution in [0, 0.1) is 0 Å². The summed E-state index contributed by atoms with van der Waals surface area (Å²) in [5, 5.41) is 0. The van der Waals surface area contributed by atoms with Gasteiger partial charge in [-0.1, -0.05) is 12.2 Å². The van der Waals surface area contributed by atoms with Gasteiger partial charge in [-0.25, -0.2) is 0 Å². The molecule has 0 aromatic rings. The monoisotopic (exact) mass is 204 g/mol. The maximum Gasteiger partial charge on any atom is 0.500 e. The molecule has 0 aromatic carbocycles. The predicted molar refractivity (Wildman–Crippen MR) is 55.6 cm³/mol. The zero-order valence-corrected chi connectivity index (χ0v) is 10.0. The van der Waals surface area contributed by atoms with Crippen molar-refractivity contribution in [2.75, 3.05) is 21.3 Å². The number of unbranched alkanes of at least 4 members (excludes halogenated alkanes) is 1. The lowest BCUT2D eigenvalue weighted by Crippen LogP contribution is -2.42. The second-order valence-electron chi connectivity index (χ2n) is 2.76. The topological polar surface area (TPSA) is 27.7 Å². The van der Waals surface area contributed by atoms with E-state index in [1.54, 1.807) is 21.3 Å². The van der Waals surface area contributed by atoms with Gasteiger partial charge in [-0.05, 0) is 19.8 Å². The molecule has 0 fully saturated rings. The highest BCUT2D eigenvalue weighted by molar-refractivity contribution is 6.60. The molecule has 0 N–H and O–H groups in total. The second kappa shape index (κ2) is 7.26. The number of hydrogen-bond donors (Lipinski definition) is 0. The van der Waals surface area contributed by atoms with E-state index in [9.17, 15) is 0 Å². The number of allylic oxidation sites excluding steroid dienone is 2. The summed E-state index contributed by atoms with van der Waals surface area (Å²) in [6, 6.07) is 0.876. The summed E-state index contributed by atoms with van der Waals surface area (Å²) in [5.74, 6) is 0. The van der Waals surface area contributed by atoms with Crippen LogP contribution in [0.25, 0.3) is 0 Å². The maximum absolute atomic E-state index is 5.29. The van der Waals surface area contributed by atoms with Gasteiger partial charge in [-0.2, -0.15) is 0 Å². The normalized spacial score (nSPS) is 12.6. The van der Waals surface area contributed by atoms with Crippen LogP contribution in [0.3, 0.4) is 0 Å². The minimum absolute atomic E-state index is 0.876. The van der Waals surface area contributed by atoms with Gasteiger partial charge in [0.05, 0.1) is 0 Å². The van der Waals surface area contributed by atoms with E-state index in [-0.39, 0.29) is 0 Å². The molecule has 3 nitrogen and oxygen atoms in total. The lowest BCUT2D eigenvalue weighted by molar-refractivity contribution is 0.123. The average Bonchev–Trinajstić information content (AvgIpc) is 2.20. The highest BCUT2D eigenvalue weighted by Crippen LogP contribution is 2.16. The lowest BCUT2D eigenvalue weighted by Gasteiger charge is -2.23. The van der Waals surface area contributed by atoms with E-state index in [4.69, 9.17) is 13.3 Å². The summed E-state index contributed by atoms with van der Waals surface area (Å²) in [6.07, 6.45) is 6.29. The van der Waals surface area contributed by atoms with Crippen molar-refractivity contribution in [3.63, 3.8) is 0 Å². The van der Waals surface area contributed by atoms with Gasteiger partial charge < -0.3 is 13.3 Å². The summed E-state index contributed by atoms with van der Waals surface area (Å²) in [7, 11) is 2.64.